The molecule has 9 nitrogen and oxygen atoms in total. The van der Waals surface area contributed by atoms with E-state index in [0.717, 1.165) is 24.3 Å². The van der Waals surface area contributed by atoms with Crippen molar-refractivity contribution in [3.05, 3.63) is 185 Å². The lowest BCUT2D eigenvalue weighted by atomic mass is 10.0. The van der Waals surface area contributed by atoms with Crippen molar-refractivity contribution in [3.63, 3.8) is 0 Å². The quantitative estimate of drug-likeness (QED) is 0.126. The first-order chi connectivity index (χ1) is 31.8. The van der Waals surface area contributed by atoms with E-state index in [2.05, 4.69) is 21.8 Å². The molecule has 0 unspecified atom stereocenters. The van der Waals surface area contributed by atoms with Crippen molar-refractivity contribution in [2.75, 3.05) is 0 Å². The van der Waals surface area contributed by atoms with Gasteiger partial charge >= 0.3 is 12.4 Å². The molecule has 0 saturated heterocycles. The average Bonchev–Trinajstić information content (AvgIpc) is 3.83. The molecular weight excluding hydrogens is 853 g/mol. The molecule has 0 atom stereocenters. The van der Waals surface area contributed by atoms with Crippen LogP contribution in [-0.2, 0) is 12.4 Å². The van der Waals surface area contributed by atoms with Crippen molar-refractivity contribution < 1.29 is 26.3 Å². The maximum atomic E-state index is 14.8. The van der Waals surface area contributed by atoms with Crippen LogP contribution in [0.2, 0.25) is 0 Å². The average molecular weight is 876 g/mol. The lowest BCUT2D eigenvalue weighted by Crippen LogP contribution is -2.10. The normalized spacial score (nSPS) is 11.7. The molecule has 0 fully saturated rings. The highest BCUT2D eigenvalue weighted by Crippen LogP contribution is 2.43. The highest BCUT2D eigenvalue weighted by Gasteiger charge is 2.34. The second kappa shape index (κ2) is 15.2. The molecule has 10 aromatic rings. The predicted molar refractivity (Wildman–Crippen MR) is 237 cm³/mol. The van der Waals surface area contributed by atoms with Crippen molar-refractivity contribution in [1.29, 1.82) is 10.5 Å². The fraction of sp³-hybridized carbons (Fsp3) is 0.0392. The van der Waals surface area contributed by atoms with E-state index >= 15 is 0 Å². The zero-order chi connectivity index (χ0) is 46.1. The monoisotopic (exact) mass is 875 g/mol. The Morgan fingerprint density at radius 1 is 0.455 bits per heavy atom. The summed E-state index contributed by atoms with van der Waals surface area (Å²) in [5.41, 5.74) is 0.551. The number of halogens is 6. The largest absolute Gasteiger partial charge is 0.416 e. The summed E-state index contributed by atoms with van der Waals surface area (Å²) in [6, 6.07) is 37.9. The van der Waals surface area contributed by atoms with Gasteiger partial charge in [0.2, 0.25) is 0 Å². The Hall–Kier alpha value is -9.31. The molecule has 0 aliphatic carbocycles. The Kier molecular flexibility index (Phi) is 9.38. The first-order valence-electron chi connectivity index (χ1n) is 19.7. The van der Waals surface area contributed by atoms with Crippen molar-refractivity contribution in [2.45, 2.75) is 12.4 Å². The van der Waals surface area contributed by atoms with Crippen LogP contribution in [0.5, 0.6) is 0 Å². The van der Waals surface area contributed by atoms with Gasteiger partial charge in [0.05, 0.1) is 69.9 Å². The molecule has 0 N–H and O–H groups in total. The van der Waals surface area contributed by atoms with Gasteiger partial charge in [-0.1, -0.05) is 66.7 Å². The predicted octanol–water partition coefficient (Wildman–Crippen LogP) is 13.9. The van der Waals surface area contributed by atoms with Crippen molar-refractivity contribution in [2.24, 2.45) is 0 Å². The summed E-state index contributed by atoms with van der Waals surface area (Å²) >= 11 is 0. The Morgan fingerprint density at radius 3 is 1.24 bits per heavy atom. The number of benzene rings is 7. The van der Waals surface area contributed by atoms with E-state index in [-0.39, 0.29) is 62.5 Å². The Morgan fingerprint density at radius 2 is 0.848 bits per heavy atom. The topological polar surface area (TPSA) is 105 Å². The Balaban J connectivity index is 1.34. The van der Waals surface area contributed by atoms with E-state index in [9.17, 15) is 36.9 Å². The van der Waals surface area contributed by atoms with Crippen molar-refractivity contribution in [3.8, 4) is 57.7 Å². The first-order valence-corrected chi connectivity index (χ1v) is 19.7. The van der Waals surface area contributed by atoms with Gasteiger partial charge in [-0.15, -0.1) is 0 Å². The van der Waals surface area contributed by atoms with Crippen LogP contribution in [0.1, 0.15) is 22.3 Å². The van der Waals surface area contributed by atoms with Crippen LogP contribution in [0.4, 0.5) is 37.7 Å². The third kappa shape index (κ3) is 6.76. The van der Waals surface area contributed by atoms with Gasteiger partial charge in [0, 0.05) is 49.3 Å². The van der Waals surface area contributed by atoms with E-state index in [1.165, 1.54) is 12.1 Å². The summed E-state index contributed by atoms with van der Waals surface area (Å²) in [4.78, 5) is 21.4. The number of rotatable bonds is 5. The minimum atomic E-state index is -4.88. The maximum Gasteiger partial charge on any atom is 0.416 e. The fourth-order valence-corrected chi connectivity index (χ4v) is 8.32. The molecule has 3 aromatic heterocycles. The van der Waals surface area contributed by atoms with Gasteiger partial charge in [-0.05, 0) is 72.8 Å². The van der Waals surface area contributed by atoms with Crippen molar-refractivity contribution >= 4 is 55.0 Å². The third-order valence-electron chi connectivity index (χ3n) is 11.3. The molecule has 15 heteroatoms. The number of hydrogen-bond acceptors (Lipinski definition) is 5. The van der Waals surface area contributed by atoms with Crippen LogP contribution in [0.15, 0.2) is 140 Å². The number of hydrogen-bond donors (Lipinski definition) is 0. The molecule has 3 heterocycles. The zero-order valence-corrected chi connectivity index (χ0v) is 33.6. The molecule has 0 bridgehead atoms. The van der Waals surface area contributed by atoms with E-state index in [1.807, 2.05) is 0 Å². The number of aromatic nitrogens is 5. The third-order valence-corrected chi connectivity index (χ3v) is 11.3. The lowest BCUT2D eigenvalue weighted by Gasteiger charge is -2.19. The standard InChI is InChI=1S/C51H23F6N9/c1-60-33-12-16-37-35-14-8-28(26-58)20-43(35)65(45(37)24-33)41-18-10-31(50(52,53)54)22-39(41)48-62-47(30-6-4-3-5-7-30)63-49(64-48)40-23-32(51(55,56)57)11-19-42(40)66-44-21-29(27-59)9-15-36(44)38-17-13-34(61-2)25-46(38)66/h3-25H. The molecular formula is C51H23F6N9. The summed E-state index contributed by atoms with van der Waals surface area (Å²) in [6.07, 6.45) is -9.76. The zero-order valence-electron chi connectivity index (χ0n) is 33.6. The van der Waals surface area contributed by atoms with Gasteiger partial charge in [-0.2, -0.15) is 36.9 Å². The minimum Gasteiger partial charge on any atom is -0.310 e. The highest BCUT2D eigenvalue weighted by atomic mass is 19.4. The van der Waals surface area contributed by atoms with Gasteiger partial charge in [0.15, 0.2) is 28.8 Å². The molecule has 314 valence electrons. The summed E-state index contributed by atoms with van der Waals surface area (Å²) in [7, 11) is 0. The van der Waals surface area contributed by atoms with Crippen LogP contribution in [0.3, 0.4) is 0 Å². The smallest absolute Gasteiger partial charge is 0.310 e. The van der Waals surface area contributed by atoms with Gasteiger partial charge in [-0.3, -0.25) is 0 Å². The molecule has 0 saturated carbocycles. The van der Waals surface area contributed by atoms with Crippen LogP contribution in [0, 0.1) is 35.8 Å². The van der Waals surface area contributed by atoms with E-state index in [1.54, 1.807) is 112 Å². The van der Waals surface area contributed by atoms with Gasteiger partial charge < -0.3 is 9.13 Å². The number of nitrogens with zero attached hydrogens (tertiary/aromatic N) is 9. The molecule has 7 aromatic carbocycles. The second-order valence-electron chi connectivity index (χ2n) is 15.1. The SMILES string of the molecule is [C-]#[N+]c1ccc2c3ccc(C#N)cc3n(-c3ccc(C(F)(F)F)cc3-c3nc(-c4ccccc4)nc(-c4cc(C(F)(F)F)ccc4-n4c5cc(C#N)ccc5c5ccc([N+]#[C-])cc54)n3)c2c1. The van der Waals surface area contributed by atoms with Crippen LogP contribution in [-0.4, -0.2) is 24.1 Å². The second-order valence-corrected chi connectivity index (χ2v) is 15.1. The number of nitriles is 2. The van der Waals surface area contributed by atoms with Gasteiger partial charge in [0.25, 0.3) is 0 Å². The fourth-order valence-electron chi connectivity index (χ4n) is 8.32. The summed E-state index contributed by atoms with van der Waals surface area (Å²) < 4.78 is 92.0. The van der Waals surface area contributed by atoms with Crippen LogP contribution < -0.4 is 0 Å². The van der Waals surface area contributed by atoms with Gasteiger partial charge in [-0.25, -0.2) is 24.6 Å². The molecule has 10 rings (SSSR count). The highest BCUT2D eigenvalue weighted by molar-refractivity contribution is 6.12. The summed E-state index contributed by atoms with van der Waals surface area (Å²) in [5.74, 6) is -0.781. The van der Waals surface area contributed by atoms with Crippen LogP contribution in [0.25, 0.3) is 98.8 Å². The van der Waals surface area contributed by atoms with E-state index in [0.29, 0.717) is 49.2 Å². The van der Waals surface area contributed by atoms with Gasteiger partial charge in [0.1, 0.15) is 0 Å². The molecule has 0 radical (unpaired) electrons. The Bertz CT molecular complexity index is 3480. The Labute approximate surface area is 369 Å². The van der Waals surface area contributed by atoms with E-state index < -0.39 is 23.5 Å². The number of alkyl halides is 6. The molecule has 66 heavy (non-hydrogen) atoms. The van der Waals surface area contributed by atoms with Crippen LogP contribution >= 0.6 is 0 Å². The lowest BCUT2D eigenvalue weighted by molar-refractivity contribution is -0.138. The molecule has 0 amide bonds. The maximum absolute atomic E-state index is 14.8. The van der Waals surface area contributed by atoms with Crippen molar-refractivity contribution in [1.82, 2.24) is 24.1 Å². The minimum absolute atomic E-state index is 0.0871. The molecule has 0 spiro atoms. The number of fused-ring (bicyclic) bond motifs is 6. The summed E-state index contributed by atoms with van der Waals surface area (Å²) in [6.45, 7) is 15.5. The molecule has 0 aliphatic rings. The summed E-state index contributed by atoms with van der Waals surface area (Å²) in [5, 5.41) is 22.3. The van der Waals surface area contributed by atoms with E-state index in [4.69, 9.17) is 28.1 Å². The first kappa shape index (κ1) is 40.7. The molecule has 0 aliphatic heterocycles.